The summed E-state index contributed by atoms with van der Waals surface area (Å²) in [5, 5.41) is 52.4. The highest BCUT2D eigenvalue weighted by molar-refractivity contribution is 5.76. The van der Waals surface area contributed by atoms with Gasteiger partial charge in [0.1, 0.15) is 18.3 Å². The maximum absolute atomic E-state index is 11.9. The minimum absolute atomic E-state index is 0.0847. The molecule has 0 radical (unpaired) electrons. The molecule has 7 atom stereocenters. The van der Waals surface area contributed by atoms with E-state index in [4.69, 9.17) is 4.74 Å². The van der Waals surface area contributed by atoms with Gasteiger partial charge < -0.3 is 35.6 Å². The predicted octanol–water partition coefficient (Wildman–Crippen LogP) is -0.779. The van der Waals surface area contributed by atoms with Crippen molar-refractivity contribution in [1.82, 2.24) is 5.32 Å². The fourth-order valence-electron chi connectivity index (χ4n) is 2.76. The second-order valence-electron chi connectivity index (χ2n) is 6.80. The highest BCUT2D eigenvalue weighted by Gasteiger charge is 2.33. The van der Waals surface area contributed by atoms with Gasteiger partial charge in [0.2, 0.25) is 5.91 Å². The van der Waals surface area contributed by atoms with Gasteiger partial charge in [0, 0.05) is 12.8 Å². The summed E-state index contributed by atoms with van der Waals surface area (Å²) in [6.07, 6.45) is -1.50. The van der Waals surface area contributed by atoms with Crippen LogP contribution in [0.2, 0.25) is 0 Å². The molecule has 0 saturated carbocycles. The summed E-state index contributed by atoms with van der Waals surface area (Å²) in [6, 6.07) is -0.763. The van der Waals surface area contributed by atoms with Crippen molar-refractivity contribution in [2.24, 2.45) is 0 Å². The van der Waals surface area contributed by atoms with E-state index in [2.05, 4.69) is 5.32 Å². The van der Waals surface area contributed by atoms with Crippen LogP contribution in [0.15, 0.2) is 12.2 Å². The summed E-state index contributed by atoms with van der Waals surface area (Å²) >= 11 is 0. The Labute approximate surface area is 154 Å². The van der Waals surface area contributed by atoms with E-state index in [-0.39, 0.29) is 25.4 Å². The molecule has 6 N–H and O–H groups in total. The molecule has 1 aliphatic carbocycles. The van der Waals surface area contributed by atoms with Crippen LogP contribution in [0, 0.1) is 0 Å². The predicted molar refractivity (Wildman–Crippen MR) is 95.3 cm³/mol. The number of aliphatic hydroxyl groups excluding tert-OH is 5. The fraction of sp³-hybridized carbons (Fsp3) is 0.833. The van der Waals surface area contributed by atoms with Crippen LogP contribution in [-0.4, -0.2) is 80.7 Å². The van der Waals surface area contributed by atoms with Crippen molar-refractivity contribution in [3.05, 3.63) is 12.2 Å². The van der Waals surface area contributed by atoms with E-state index in [1.807, 2.05) is 6.92 Å². The first-order chi connectivity index (χ1) is 12.3. The number of aliphatic hydroxyl groups is 5. The molecule has 0 bridgehead atoms. The lowest BCUT2D eigenvalue weighted by Crippen LogP contribution is -2.50. The molecule has 26 heavy (non-hydrogen) atoms. The molecule has 0 aliphatic heterocycles. The SMILES string of the molecule is CCCC(=O)NC(COC1C=CCC(O)C(O)C1O)C(O)CC(O)CC. The molecule has 8 heteroatoms. The fourth-order valence-corrected chi connectivity index (χ4v) is 2.76. The van der Waals surface area contributed by atoms with Crippen molar-refractivity contribution in [3.8, 4) is 0 Å². The van der Waals surface area contributed by atoms with Crippen LogP contribution >= 0.6 is 0 Å². The van der Waals surface area contributed by atoms with Gasteiger partial charge in [-0.25, -0.2) is 0 Å². The van der Waals surface area contributed by atoms with Gasteiger partial charge in [0.05, 0.1) is 31.0 Å². The molecule has 0 aromatic heterocycles. The molecule has 152 valence electrons. The van der Waals surface area contributed by atoms with Crippen LogP contribution in [0.5, 0.6) is 0 Å². The summed E-state index contributed by atoms with van der Waals surface area (Å²) in [5.41, 5.74) is 0. The third kappa shape index (κ3) is 7.30. The number of carbonyl (C=O) groups excluding carboxylic acids is 1. The Morgan fingerprint density at radius 2 is 1.92 bits per heavy atom. The monoisotopic (exact) mass is 375 g/mol. The zero-order chi connectivity index (χ0) is 19.7. The maximum Gasteiger partial charge on any atom is 0.220 e. The highest BCUT2D eigenvalue weighted by Crippen LogP contribution is 2.17. The van der Waals surface area contributed by atoms with Crippen LogP contribution in [0.4, 0.5) is 0 Å². The lowest BCUT2D eigenvalue weighted by Gasteiger charge is -2.29. The summed E-state index contributed by atoms with van der Waals surface area (Å²) in [7, 11) is 0. The Morgan fingerprint density at radius 1 is 1.23 bits per heavy atom. The van der Waals surface area contributed by atoms with Gasteiger partial charge >= 0.3 is 0 Å². The molecular weight excluding hydrogens is 342 g/mol. The smallest absolute Gasteiger partial charge is 0.220 e. The number of carbonyl (C=O) groups is 1. The van der Waals surface area contributed by atoms with Gasteiger partial charge in [-0.3, -0.25) is 4.79 Å². The van der Waals surface area contributed by atoms with Crippen LogP contribution in [0.1, 0.15) is 46.0 Å². The number of amides is 1. The van der Waals surface area contributed by atoms with Crippen LogP contribution in [-0.2, 0) is 9.53 Å². The van der Waals surface area contributed by atoms with E-state index >= 15 is 0 Å². The van der Waals surface area contributed by atoms with Gasteiger partial charge in [-0.15, -0.1) is 0 Å². The second kappa shape index (κ2) is 11.6. The van der Waals surface area contributed by atoms with E-state index in [1.165, 1.54) is 0 Å². The third-order valence-corrected chi connectivity index (χ3v) is 4.53. The van der Waals surface area contributed by atoms with Crippen molar-refractivity contribution in [1.29, 1.82) is 0 Å². The first-order valence-corrected chi connectivity index (χ1v) is 9.28. The topological polar surface area (TPSA) is 139 Å². The molecule has 0 spiro atoms. The Bertz CT molecular complexity index is 445. The average molecular weight is 375 g/mol. The van der Waals surface area contributed by atoms with Gasteiger partial charge in [-0.1, -0.05) is 26.0 Å². The first-order valence-electron chi connectivity index (χ1n) is 9.28. The molecule has 0 heterocycles. The highest BCUT2D eigenvalue weighted by atomic mass is 16.5. The van der Waals surface area contributed by atoms with E-state index in [0.29, 0.717) is 19.3 Å². The zero-order valence-electron chi connectivity index (χ0n) is 15.5. The Hall–Kier alpha value is -1.03. The molecule has 1 aliphatic rings. The summed E-state index contributed by atoms with van der Waals surface area (Å²) < 4.78 is 5.61. The van der Waals surface area contributed by atoms with Crippen molar-refractivity contribution < 1.29 is 35.1 Å². The minimum atomic E-state index is -1.35. The molecular formula is C18H33NO7. The lowest BCUT2D eigenvalue weighted by atomic mass is 10.0. The quantitative estimate of drug-likeness (QED) is 0.275. The molecule has 8 nitrogen and oxygen atoms in total. The lowest BCUT2D eigenvalue weighted by molar-refractivity contribution is -0.126. The second-order valence-corrected chi connectivity index (χ2v) is 6.80. The zero-order valence-corrected chi connectivity index (χ0v) is 15.5. The molecule has 7 unspecified atom stereocenters. The Morgan fingerprint density at radius 3 is 2.54 bits per heavy atom. The number of rotatable bonds is 10. The van der Waals surface area contributed by atoms with Crippen LogP contribution < -0.4 is 5.32 Å². The third-order valence-electron chi connectivity index (χ3n) is 4.53. The Kier molecular flexibility index (Phi) is 10.3. The first kappa shape index (κ1) is 23.0. The molecule has 0 aromatic rings. The molecule has 0 fully saturated rings. The molecule has 0 aromatic carbocycles. The normalized spacial score (nSPS) is 29.7. The van der Waals surface area contributed by atoms with Crippen molar-refractivity contribution in [2.45, 2.75) is 88.6 Å². The van der Waals surface area contributed by atoms with Gasteiger partial charge in [0.25, 0.3) is 0 Å². The largest absolute Gasteiger partial charge is 0.393 e. The van der Waals surface area contributed by atoms with E-state index < -0.39 is 42.7 Å². The number of hydrogen-bond acceptors (Lipinski definition) is 7. The standard InChI is InChI=1S/C18H33NO7/c1-3-6-16(23)19-12(14(22)9-11(20)4-2)10-26-15-8-5-7-13(21)17(24)18(15)25/h5,8,11-15,17-18,20-22,24-25H,3-4,6-7,9-10H2,1-2H3,(H,19,23). The van der Waals surface area contributed by atoms with Crippen LogP contribution in [0.3, 0.4) is 0 Å². The molecule has 1 rings (SSSR count). The van der Waals surface area contributed by atoms with Gasteiger partial charge in [-0.2, -0.15) is 0 Å². The van der Waals surface area contributed by atoms with Gasteiger partial charge in [-0.05, 0) is 19.3 Å². The number of nitrogens with one attached hydrogen (secondary N) is 1. The summed E-state index contributed by atoms with van der Waals surface area (Å²) in [5.74, 6) is -0.237. The van der Waals surface area contributed by atoms with Crippen LogP contribution in [0.25, 0.3) is 0 Å². The Balaban J connectivity index is 2.72. The van der Waals surface area contributed by atoms with E-state index in [1.54, 1.807) is 19.1 Å². The minimum Gasteiger partial charge on any atom is -0.393 e. The van der Waals surface area contributed by atoms with Crippen molar-refractivity contribution in [3.63, 3.8) is 0 Å². The number of ether oxygens (including phenoxy) is 1. The van der Waals surface area contributed by atoms with Gasteiger partial charge in [0.15, 0.2) is 0 Å². The summed E-state index contributed by atoms with van der Waals surface area (Å²) in [4.78, 5) is 11.9. The van der Waals surface area contributed by atoms with E-state index in [9.17, 15) is 30.3 Å². The van der Waals surface area contributed by atoms with Crippen molar-refractivity contribution in [2.75, 3.05) is 6.61 Å². The maximum atomic E-state index is 11.9. The van der Waals surface area contributed by atoms with E-state index in [0.717, 1.165) is 0 Å². The number of hydrogen-bond donors (Lipinski definition) is 6. The summed E-state index contributed by atoms with van der Waals surface area (Å²) in [6.45, 7) is 3.54. The average Bonchev–Trinajstić information content (AvgIpc) is 2.72. The molecule has 1 amide bonds. The molecule has 0 saturated heterocycles. The van der Waals surface area contributed by atoms with Crippen molar-refractivity contribution >= 4 is 5.91 Å².